The molecule has 0 radical (unpaired) electrons. The first-order valence-corrected chi connectivity index (χ1v) is 8.67. The Morgan fingerprint density at radius 1 is 1.00 bits per heavy atom. The molecule has 1 aliphatic rings. The van der Waals surface area contributed by atoms with E-state index >= 15 is 0 Å². The molecule has 0 atom stereocenters. The van der Waals surface area contributed by atoms with E-state index in [0.717, 1.165) is 18.2 Å². The lowest BCUT2D eigenvalue weighted by atomic mass is 10.1. The van der Waals surface area contributed by atoms with Gasteiger partial charge in [-0.3, -0.25) is 0 Å². The molecule has 2 aromatic rings. The van der Waals surface area contributed by atoms with Crippen molar-refractivity contribution in [3.63, 3.8) is 0 Å². The number of allylic oxidation sites excluding steroid dienone is 1. The van der Waals surface area contributed by atoms with Gasteiger partial charge in [0.05, 0.1) is 23.8 Å². The van der Waals surface area contributed by atoms with Crippen LogP contribution in [0.25, 0.3) is 0 Å². The fraction of sp³-hybridized carbons (Fsp3) is 0.238. The van der Waals surface area contributed by atoms with Crippen LogP contribution in [0.3, 0.4) is 0 Å². The Labute approximate surface area is 160 Å². The van der Waals surface area contributed by atoms with Crippen LogP contribution in [0.1, 0.15) is 29.9 Å². The van der Waals surface area contributed by atoms with Crippen molar-refractivity contribution < 1.29 is 22.6 Å². The Hall–Kier alpha value is -2.26. The zero-order valence-electron chi connectivity index (χ0n) is 14.4. The maximum Gasteiger partial charge on any atom is 0.184 e. The van der Waals surface area contributed by atoms with Crippen LogP contribution in [0, 0.1) is 35.2 Å². The molecule has 0 spiro atoms. The Morgan fingerprint density at radius 2 is 1.67 bits per heavy atom. The van der Waals surface area contributed by atoms with E-state index in [0.29, 0.717) is 13.2 Å². The SMILES string of the molecule is CC=C[C@H]1CO[C@H](c2cc(F)c(C#Cc3ccc(Cl)c(F)c3)c(F)c2)OC1. The highest BCUT2D eigenvalue weighted by atomic mass is 35.5. The maximum absolute atomic E-state index is 14.3. The molecule has 0 aromatic heterocycles. The summed E-state index contributed by atoms with van der Waals surface area (Å²) >= 11 is 5.60. The molecule has 1 saturated heterocycles. The number of ether oxygens (including phenoxy) is 2. The van der Waals surface area contributed by atoms with Crippen molar-refractivity contribution in [3.05, 3.63) is 81.6 Å². The first-order chi connectivity index (χ1) is 13.0. The van der Waals surface area contributed by atoms with E-state index in [1.807, 2.05) is 19.1 Å². The van der Waals surface area contributed by atoms with Crippen LogP contribution in [-0.2, 0) is 9.47 Å². The van der Waals surface area contributed by atoms with Gasteiger partial charge >= 0.3 is 0 Å². The van der Waals surface area contributed by atoms with Crippen LogP contribution >= 0.6 is 11.6 Å². The van der Waals surface area contributed by atoms with Crippen LogP contribution in [0.5, 0.6) is 0 Å². The van der Waals surface area contributed by atoms with Crippen LogP contribution < -0.4 is 0 Å². The third kappa shape index (κ3) is 4.72. The van der Waals surface area contributed by atoms with Gasteiger partial charge in [-0.05, 0) is 37.3 Å². The molecular weight excluding hydrogens is 377 g/mol. The fourth-order valence-electron chi connectivity index (χ4n) is 2.65. The monoisotopic (exact) mass is 392 g/mol. The van der Waals surface area contributed by atoms with Crippen LogP contribution in [-0.4, -0.2) is 13.2 Å². The van der Waals surface area contributed by atoms with E-state index in [4.69, 9.17) is 21.1 Å². The molecule has 6 heteroatoms. The van der Waals surface area contributed by atoms with Crippen LogP contribution in [0.4, 0.5) is 13.2 Å². The number of rotatable bonds is 2. The van der Waals surface area contributed by atoms with Gasteiger partial charge < -0.3 is 9.47 Å². The van der Waals surface area contributed by atoms with Crippen LogP contribution in [0.2, 0.25) is 5.02 Å². The van der Waals surface area contributed by atoms with E-state index in [1.54, 1.807) is 0 Å². The zero-order valence-corrected chi connectivity index (χ0v) is 15.2. The predicted molar refractivity (Wildman–Crippen MR) is 96.7 cm³/mol. The predicted octanol–water partition coefficient (Wildman–Crippen LogP) is 5.39. The Balaban J connectivity index is 1.80. The van der Waals surface area contributed by atoms with E-state index in [2.05, 4.69) is 11.8 Å². The summed E-state index contributed by atoms with van der Waals surface area (Å²) in [7, 11) is 0. The fourth-order valence-corrected chi connectivity index (χ4v) is 2.77. The van der Waals surface area contributed by atoms with Crippen molar-refractivity contribution in [1.82, 2.24) is 0 Å². The number of hydrogen-bond donors (Lipinski definition) is 0. The molecule has 3 rings (SSSR count). The molecule has 2 nitrogen and oxygen atoms in total. The van der Waals surface area contributed by atoms with Gasteiger partial charge in [-0.25, -0.2) is 13.2 Å². The lowest BCUT2D eigenvalue weighted by Crippen LogP contribution is -2.26. The maximum atomic E-state index is 14.3. The standard InChI is InChI=1S/C21H16ClF3O2/c1-2-3-14-11-26-21(27-12-14)15-9-18(23)16(19(24)10-15)6-4-13-5-7-17(22)20(25)8-13/h2-3,5,7-10,14,21H,11-12H2,1H3/t14-,21-. The van der Waals surface area contributed by atoms with Crippen molar-refractivity contribution in [3.8, 4) is 11.8 Å². The molecule has 0 unspecified atom stereocenters. The minimum absolute atomic E-state index is 0.0496. The average Bonchev–Trinajstić information content (AvgIpc) is 2.64. The zero-order chi connectivity index (χ0) is 19.4. The molecule has 140 valence electrons. The smallest absolute Gasteiger partial charge is 0.184 e. The molecule has 1 aliphatic heterocycles. The van der Waals surface area contributed by atoms with Gasteiger partial charge in [-0.1, -0.05) is 35.6 Å². The van der Waals surface area contributed by atoms with E-state index in [-0.39, 0.29) is 22.1 Å². The van der Waals surface area contributed by atoms with Crippen molar-refractivity contribution in [2.45, 2.75) is 13.2 Å². The normalized spacial score (nSPS) is 19.7. The molecule has 1 heterocycles. The van der Waals surface area contributed by atoms with Gasteiger partial charge in [0.15, 0.2) is 6.29 Å². The lowest BCUT2D eigenvalue weighted by molar-refractivity contribution is -0.197. The summed E-state index contributed by atoms with van der Waals surface area (Å²) in [6.07, 6.45) is 3.02. The summed E-state index contributed by atoms with van der Waals surface area (Å²) in [5, 5.41) is -0.0496. The summed E-state index contributed by atoms with van der Waals surface area (Å²) in [6.45, 7) is 2.71. The molecule has 27 heavy (non-hydrogen) atoms. The Kier molecular flexibility index (Phi) is 6.22. The third-order valence-electron chi connectivity index (χ3n) is 3.98. The van der Waals surface area contributed by atoms with E-state index in [1.165, 1.54) is 12.1 Å². The Morgan fingerprint density at radius 3 is 2.26 bits per heavy atom. The minimum Gasteiger partial charge on any atom is -0.348 e. The van der Waals surface area contributed by atoms with E-state index in [9.17, 15) is 13.2 Å². The first kappa shape index (κ1) is 19.5. The quantitative estimate of drug-likeness (QED) is 0.503. The number of hydrogen-bond acceptors (Lipinski definition) is 2. The molecule has 0 amide bonds. The van der Waals surface area contributed by atoms with Gasteiger partial charge in [0.1, 0.15) is 17.5 Å². The highest BCUT2D eigenvalue weighted by molar-refractivity contribution is 6.30. The number of halogens is 4. The second-order valence-electron chi connectivity index (χ2n) is 6.02. The van der Waals surface area contributed by atoms with Crippen LogP contribution in [0.15, 0.2) is 42.5 Å². The van der Waals surface area contributed by atoms with Gasteiger partial charge in [0, 0.05) is 17.0 Å². The van der Waals surface area contributed by atoms with Gasteiger partial charge in [-0.2, -0.15) is 0 Å². The highest BCUT2D eigenvalue weighted by Crippen LogP contribution is 2.28. The third-order valence-corrected chi connectivity index (χ3v) is 4.28. The summed E-state index contributed by atoms with van der Waals surface area (Å²) in [6, 6.07) is 6.17. The second kappa shape index (κ2) is 8.62. The molecule has 1 fully saturated rings. The van der Waals surface area contributed by atoms with Gasteiger partial charge in [-0.15, -0.1) is 0 Å². The highest BCUT2D eigenvalue weighted by Gasteiger charge is 2.24. The second-order valence-corrected chi connectivity index (χ2v) is 6.43. The molecular formula is C21H16ClF3O2. The van der Waals surface area contributed by atoms with Crippen molar-refractivity contribution in [1.29, 1.82) is 0 Å². The molecule has 0 aliphatic carbocycles. The summed E-state index contributed by atoms with van der Waals surface area (Å²) in [4.78, 5) is 0. The largest absolute Gasteiger partial charge is 0.348 e. The lowest BCUT2D eigenvalue weighted by Gasteiger charge is -2.28. The van der Waals surface area contributed by atoms with Crippen molar-refractivity contribution in [2.75, 3.05) is 13.2 Å². The van der Waals surface area contributed by atoms with Crippen molar-refractivity contribution >= 4 is 11.6 Å². The van der Waals surface area contributed by atoms with Crippen molar-refractivity contribution in [2.24, 2.45) is 5.92 Å². The van der Waals surface area contributed by atoms with Gasteiger partial charge in [0.25, 0.3) is 0 Å². The topological polar surface area (TPSA) is 18.5 Å². The summed E-state index contributed by atoms with van der Waals surface area (Å²) in [5.41, 5.74) is 0.0949. The first-order valence-electron chi connectivity index (χ1n) is 8.30. The molecule has 2 aromatic carbocycles. The number of benzene rings is 2. The molecule has 0 saturated carbocycles. The minimum atomic E-state index is -0.838. The summed E-state index contributed by atoms with van der Waals surface area (Å²) < 4.78 is 53.2. The molecule has 0 N–H and O–H groups in total. The summed E-state index contributed by atoms with van der Waals surface area (Å²) in [5.74, 6) is 2.72. The molecule has 0 bridgehead atoms. The Bertz CT molecular complexity index is 900. The average molecular weight is 393 g/mol. The van der Waals surface area contributed by atoms with Gasteiger partial charge in [0.2, 0.25) is 0 Å². The van der Waals surface area contributed by atoms with E-state index < -0.39 is 29.3 Å².